The molecule has 7 heteroatoms. The van der Waals surface area contributed by atoms with Crippen molar-refractivity contribution >= 4 is 29.1 Å². The molecule has 1 aliphatic rings. The highest BCUT2D eigenvalue weighted by Crippen LogP contribution is 2.39. The van der Waals surface area contributed by atoms with Crippen molar-refractivity contribution < 1.29 is 19.4 Å². The van der Waals surface area contributed by atoms with Gasteiger partial charge in [0.1, 0.15) is 11.5 Å². The second-order valence-electron chi connectivity index (χ2n) is 8.04. The van der Waals surface area contributed by atoms with Gasteiger partial charge in [-0.2, -0.15) is 0 Å². The lowest BCUT2D eigenvalue weighted by atomic mass is 9.95. The monoisotopic (exact) mass is 442 g/mol. The number of amides is 1. The van der Waals surface area contributed by atoms with Crippen LogP contribution in [-0.2, 0) is 9.59 Å². The largest absolute Gasteiger partial charge is 0.507 e. The average molecular weight is 443 g/mol. The van der Waals surface area contributed by atoms with E-state index < -0.39 is 17.7 Å². The van der Waals surface area contributed by atoms with Crippen LogP contribution in [0.1, 0.15) is 31.0 Å². The SMILES string of the molecule is CC(C)Oc1ccc(C(O)=C2C(=O)C(=O)N(CCN(C)C)[C@H]2c2ccc(Cl)cc2)cc1. The first-order valence-electron chi connectivity index (χ1n) is 10.1. The molecule has 1 atom stereocenters. The number of likely N-dealkylation sites (tertiary alicyclic amines) is 1. The first kappa shape index (κ1) is 22.8. The minimum atomic E-state index is -0.696. The van der Waals surface area contributed by atoms with Crippen LogP contribution >= 0.6 is 11.6 Å². The Morgan fingerprint density at radius 3 is 2.26 bits per heavy atom. The minimum Gasteiger partial charge on any atom is -0.507 e. The Morgan fingerprint density at radius 2 is 1.71 bits per heavy atom. The molecule has 1 amide bonds. The summed E-state index contributed by atoms with van der Waals surface area (Å²) in [5, 5.41) is 11.6. The molecule has 6 nitrogen and oxygen atoms in total. The fourth-order valence-corrected chi connectivity index (χ4v) is 3.66. The Hall–Kier alpha value is -2.83. The van der Waals surface area contributed by atoms with Crippen molar-refractivity contribution in [1.29, 1.82) is 0 Å². The van der Waals surface area contributed by atoms with E-state index in [4.69, 9.17) is 16.3 Å². The van der Waals surface area contributed by atoms with Gasteiger partial charge in [-0.25, -0.2) is 0 Å². The van der Waals surface area contributed by atoms with Crippen LogP contribution in [0, 0.1) is 0 Å². The molecule has 1 saturated heterocycles. The lowest BCUT2D eigenvalue weighted by Crippen LogP contribution is -2.35. The van der Waals surface area contributed by atoms with Crippen molar-refractivity contribution in [2.75, 3.05) is 27.2 Å². The molecule has 164 valence electrons. The zero-order valence-electron chi connectivity index (χ0n) is 18.1. The van der Waals surface area contributed by atoms with E-state index in [2.05, 4.69) is 0 Å². The third-order valence-corrected chi connectivity index (χ3v) is 5.27. The molecule has 0 spiro atoms. The Morgan fingerprint density at radius 1 is 1.10 bits per heavy atom. The van der Waals surface area contributed by atoms with Crippen molar-refractivity contribution in [1.82, 2.24) is 9.80 Å². The molecular formula is C24H27ClN2O4. The van der Waals surface area contributed by atoms with Crippen LogP contribution in [-0.4, -0.2) is 59.9 Å². The molecule has 31 heavy (non-hydrogen) atoms. The van der Waals surface area contributed by atoms with E-state index >= 15 is 0 Å². The standard InChI is InChI=1S/C24H27ClN2O4/c1-15(2)31-19-11-7-17(8-12-19)22(28)20-21(16-5-9-18(25)10-6-16)27(14-13-26(3)4)24(30)23(20)29/h5-12,15,21,28H,13-14H2,1-4H3/t21-/m0/s1. The number of benzene rings is 2. The minimum absolute atomic E-state index is 0.0198. The fraction of sp³-hybridized carbons (Fsp3) is 0.333. The molecule has 0 aromatic heterocycles. The van der Waals surface area contributed by atoms with E-state index in [0.717, 1.165) is 0 Å². The van der Waals surface area contributed by atoms with Gasteiger partial charge in [0, 0.05) is 23.7 Å². The van der Waals surface area contributed by atoms with Crippen molar-refractivity contribution in [3.63, 3.8) is 0 Å². The molecule has 3 rings (SSSR count). The van der Waals surface area contributed by atoms with Crippen molar-refractivity contribution in [2.24, 2.45) is 0 Å². The second kappa shape index (κ2) is 9.54. The van der Waals surface area contributed by atoms with E-state index in [1.165, 1.54) is 4.90 Å². The van der Waals surface area contributed by atoms with E-state index in [1.807, 2.05) is 32.8 Å². The number of halogens is 1. The van der Waals surface area contributed by atoms with Gasteiger partial charge in [-0.05, 0) is 69.9 Å². The maximum Gasteiger partial charge on any atom is 0.295 e. The zero-order valence-corrected chi connectivity index (χ0v) is 18.9. The highest BCUT2D eigenvalue weighted by atomic mass is 35.5. The lowest BCUT2D eigenvalue weighted by Gasteiger charge is -2.26. The number of hydrogen-bond acceptors (Lipinski definition) is 5. The molecule has 0 unspecified atom stereocenters. The molecule has 0 saturated carbocycles. The van der Waals surface area contributed by atoms with Gasteiger partial charge in [0.05, 0.1) is 17.7 Å². The number of aliphatic hydroxyl groups is 1. The maximum absolute atomic E-state index is 13.0. The number of carbonyl (C=O) groups is 2. The number of ether oxygens (including phenoxy) is 1. The third kappa shape index (κ3) is 5.09. The predicted octanol–water partition coefficient (Wildman–Crippen LogP) is 4.11. The molecule has 1 aliphatic heterocycles. The molecule has 1 N–H and O–H groups in total. The van der Waals surface area contributed by atoms with Gasteiger partial charge in [-0.1, -0.05) is 23.7 Å². The van der Waals surface area contributed by atoms with Crippen LogP contribution < -0.4 is 4.74 Å². The Kier molecular flexibility index (Phi) is 7.03. The van der Waals surface area contributed by atoms with Crippen molar-refractivity contribution in [3.05, 3.63) is 70.3 Å². The molecule has 0 aliphatic carbocycles. The smallest absolute Gasteiger partial charge is 0.295 e. The summed E-state index contributed by atoms with van der Waals surface area (Å²) in [6.07, 6.45) is 0.0198. The molecule has 1 fully saturated rings. The summed E-state index contributed by atoms with van der Waals surface area (Å²) in [6, 6.07) is 13.1. The van der Waals surface area contributed by atoms with Crippen LogP contribution in [0.15, 0.2) is 54.1 Å². The predicted molar refractivity (Wildman–Crippen MR) is 121 cm³/mol. The van der Waals surface area contributed by atoms with E-state index in [0.29, 0.717) is 35.0 Å². The Bertz CT molecular complexity index is 982. The third-order valence-electron chi connectivity index (χ3n) is 5.01. The molecule has 2 aromatic rings. The number of nitrogens with zero attached hydrogens (tertiary/aromatic N) is 2. The number of Topliss-reactive ketones (excluding diaryl/α,β-unsaturated/α-hetero) is 1. The van der Waals surface area contributed by atoms with Crippen LogP contribution in [0.25, 0.3) is 5.76 Å². The summed E-state index contributed by atoms with van der Waals surface area (Å²) in [4.78, 5) is 29.3. The Balaban J connectivity index is 2.06. The molecule has 2 aromatic carbocycles. The lowest BCUT2D eigenvalue weighted by molar-refractivity contribution is -0.140. The van der Waals surface area contributed by atoms with Gasteiger partial charge in [0.25, 0.3) is 11.7 Å². The summed E-state index contributed by atoms with van der Waals surface area (Å²) >= 11 is 6.03. The Labute approximate surface area is 187 Å². The van der Waals surface area contributed by atoms with E-state index in [9.17, 15) is 14.7 Å². The zero-order chi connectivity index (χ0) is 22.7. The number of rotatable bonds is 7. The van der Waals surface area contributed by atoms with Gasteiger partial charge >= 0.3 is 0 Å². The quantitative estimate of drug-likeness (QED) is 0.397. The van der Waals surface area contributed by atoms with Gasteiger partial charge in [-0.15, -0.1) is 0 Å². The normalized spacial score (nSPS) is 18.3. The van der Waals surface area contributed by atoms with Crippen LogP contribution in [0.3, 0.4) is 0 Å². The number of likely N-dealkylation sites (N-methyl/N-ethyl adjacent to an activating group) is 1. The summed E-state index contributed by atoms with van der Waals surface area (Å²) in [5.74, 6) is -0.865. The highest BCUT2D eigenvalue weighted by molar-refractivity contribution is 6.46. The molecule has 0 radical (unpaired) electrons. The second-order valence-corrected chi connectivity index (χ2v) is 8.47. The highest BCUT2D eigenvalue weighted by Gasteiger charge is 2.45. The summed E-state index contributed by atoms with van der Waals surface area (Å²) < 4.78 is 5.64. The molecular weight excluding hydrogens is 416 g/mol. The van der Waals surface area contributed by atoms with Crippen LogP contribution in [0.4, 0.5) is 0 Å². The topological polar surface area (TPSA) is 70.1 Å². The number of carbonyl (C=O) groups excluding carboxylic acids is 2. The van der Waals surface area contributed by atoms with Gasteiger partial charge in [-0.3, -0.25) is 9.59 Å². The van der Waals surface area contributed by atoms with E-state index in [1.54, 1.807) is 48.5 Å². The number of aliphatic hydroxyl groups excluding tert-OH is 1. The molecule has 0 bridgehead atoms. The summed E-state index contributed by atoms with van der Waals surface area (Å²) in [6.45, 7) is 4.78. The number of hydrogen-bond donors (Lipinski definition) is 1. The number of ketones is 1. The van der Waals surface area contributed by atoms with Gasteiger partial charge in [0.15, 0.2) is 0 Å². The van der Waals surface area contributed by atoms with Crippen LogP contribution in [0.2, 0.25) is 5.02 Å². The van der Waals surface area contributed by atoms with Crippen LogP contribution in [0.5, 0.6) is 5.75 Å². The molecule has 1 heterocycles. The fourth-order valence-electron chi connectivity index (χ4n) is 3.53. The van der Waals surface area contributed by atoms with Gasteiger partial charge < -0.3 is 19.6 Å². The summed E-state index contributed by atoms with van der Waals surface area (Å²) in [5.41, 5.74) is 1.23. The van der Waals surface area contributed by atoms with Crippen molar-refractivity contribution in [2.45, 2.75) is 26.0 Å². The first-order chi connectivity index (χ1) is 14.7. The average Bonchev–Trinajstić information content (AvgIpc) is 2.97. The van der Waals surface area contributed by atoms with Crippen molar-refractivity contribution in [3.8, 4) is 5.75 Å². The summed E-state index contributed by atoms with van der Waals surface area (Å²) in [7, 11) is 3.79. The van der Waals surface area contributed by atoms with E-state index in [-0.39, 0.29) is 17.4 Å². The van der Waals surface area contributed by atoms with Gasteiger partial charge in [0.2, 0.25) is 0 Å². The maximum atomic E-state index is 13.0. The first-order valence-corrected chi connectivity index (χ1v) is 10.5.